The molecule has 90 valence electrons. The molecule has 2 nitrogen and oxygen atoms in total. The van der Waals surface area contributed by atoms with Crippen LogP contribution in [0.3, 0.4) is 0 Å². The Morgan fingerprint density at radius 3 is 2.75 bits per heavy atom. The molecule has 1 aliphatic rings. The molecular weight excluding hydrogens is 265 g/mol. The van der Waals surface area contributed by atoms with Crippen LogP contribution in [0, 0.1) is 5.92 Å². The van der Waals surface area contributed by atoms with Gasteiger partial charge < -0.3 is 10.1 Å². The summed E-state index contributed by atoms with van der Waals surface area (Å²) >= 11 is 13.5. The Morgan fingerprint density at radius 1 is 1.44 bits per heavy atom. The van der Waals surface area contributed by atoms with Crippen LogP contribution in [0.1, 0.15) is 25.5 Å². The fourth-order valence-electron chi connectivity index (χ4n) is 1.81. The van der Waals surface area contributed by atoms with Crippen LogP contribution in [-0.4, -0.2) is 19.2 Å². The lowest BCUT2D eigenvalue weighted by atomic mass is 10.0. The van der Waals surface area contributed by atoms with Crippen LogP contribution in [-0.2, 0) is 4.74 Å². The zero-order chi connectivity index (χ0) is 11.7. The Hall–Kier alpha value is 0.200. The Bertz CT molecular complexity index is 367. The molecule has 2 atom stereocenters. The topological polar surface area (TPSA) is 21.3 Å². The summed E-state index contributed by atoms with van der Waals surface area (Å²) in [6.07, 6.45) is 0.269. The molecule has 2 rings (SSSR count). The quantitative estimate of drug-likeness (QED) is 0.891. The maximum absolute atomic E-state index is 6.13. The van der Waals surface area contributed by atoms with Crippen molar-refractivity contribution in [1.29, 1.82) is 0 Å². The Morgan fingerprint density at radius 2 is 2.19 bits per heavy atom. The van der Waals surface area contributed by atoms with Crippen molar-refractivity contribution in [1.82, 2.24) is 5.32 Å². The van der Waals surface area contributed by atoms with Crippen molar-refractivity contribution in [3.8, 4) is 0 Å². The molecule has 0 radical (unpaired) electrons. The summed E-state index contributed by atoms with van der Waals surface area (Å²) in [7, 11) is 0. The SMILES string of the molecule is CC(C)C1CNCC(c2cc(Cl)sc2Cl)O1. The second-order valence-corrected chi connectivity index (χ2v) is 6.63. The highest BCUT2D eigenvalue weighted by atomic mass is 35.5. The largest absolute Gasteiger partial charge is 0.367 e. The maximum atomic E-state index is 6.13. The van der Waals surface area contributed by atoms with Crippen molar-refractivity contribution in [2.75, 3.05) is 13.1 Å². The van der Waals surface area contributed by atoms with E-state index in [-0.39, 0.29) is 12.2 Å². The van der Waals surface area contributed by atoms with Crippen LogP contribution < -0.4 is 5.32 Å². The normalized spacial score (nSPS) is 26.3. The first-order valence-corrected chi connectivity index (χ1v) is 6.96. The average molecular weight is 280 g/mol. The van der Waals surface area contributed by atoms with Gasteiger partial charge in [-0.15, -0.1) is 11.3 Å². The van der Waals surface area contributed by atoms with E-state index in [0.29, 0.717) is 5.92 Å². The molecule has 1 aromatic rings. The van der Waals surface area contributed by atoms with E-state index >= 15 is 0 Å². The molecule has 0 aliphatic carbocycles. The first-order valence-electron chi connectivity index (χ1n) is 5.39. The van der Waals surface area contributed by atoms with E-state index in [2.05, 4.69) is 19.2 Å². The standard InChI is InChI=1S/C11H15Cl2NOS/c1-6(2)8-4-14-5-9(15-8)7-3-10(12)16-11(7)13/h3,6,8-9,14H,4-5H2,1-2H3. The second kappa shape index (κ2) is 5.23. The molecule has 5 heteroatoms. The minimum atomic E-state index is 0.0254. The number of hydrogen-bond acceptors (Lipinski definition) is 3. The number of rotatable bonds is 2. The van der Waals surface area contributed by atoms with Crippen molar-refractivity contribution in [2.45, 2.75) is 26.1 Å². The molecule has 0 aromatic carbocycles. The van der Waals surface area contributed by atoms with Crippen LogP contribution in [0.2, 0.25) is 8.67 Å². The van der Waals surface area contributed by atoms with Gasteiger partial charge in [0.25, 0.3) is 0 Å². The molecule has 1 aromatic heterocycles. The summed E-state index contributed by atoms with van der Waals surface area (Å²) in [5, 5.41) is 3.38. The van der Waals surface area contributed by atoms with E-state index in [9.17, 15) is 0 Å². The molecule has 1 aliphatic heterocycles. The van der Waals surface area contributed by atoms with Gasteiger partial charge in [0, 0.05) is 18.7 Å². The van der Waals surface area contributed by atoms with Crippen LogP contribution in [0.5, 0.6) is 0 Å². The van der Waals surface area contributed by atoms with Gasteiger partial charge in [0.15, 0.2) is 0 Å². The van der Waals surface area contributed by atoms with Gasteiger partial charge in [-0.05, 0) is 12.0 Å². The monoisotopic (exact) mass is 279 g/mol. The van der Waals surface area contributed by atoms with Crippen molar-refractivity contribution >= 4 is 34.5 Å². The highest BCUT2D eigenvalue weighted by molar-refractivity contribution is 7.20. The molecule has 0 spiro atoms. The van der Waals surface area contributed by atoms with Gasteiger partial charge in [-0.3, -0.25) is 0 Å². The van der Waals surface area contributed by atoms with Gasteiger partial charge in [0.1, 0.15) is 4.34 Å². The minimum Gasteiger partial charge on any atom is -0.367 e. The summed E-state index contributed by atoms with van der Waals surface area (Å²) in [6, 6.07) is 1.91. The van der Waals surface area contributed by atoms with E-state index < -0.39 is 0 Å². The van der Waals surface area contributed by atoms with E-state index in [1.807, 2.05) is 6.07 Å². The molecule has 2 heterocycles. The van der Waals surface area contributed by atoms with E-state index in [4.69, 9.17) is 27.9 Å². The lowest BCUT2D eigenvalue weighted by molar-refractivity contribution is -0.0601. The number of morpholine rings is 1. The molecule has 0 amide bonds. The number of halogens is 2. The van der Waals surface area contributed by atoms with Gasteiger partial charge in [-0.25, -0.2) is 0 Å². The molecule has 1 fully saturated rings. The highest BCUT2D eigenvalue weighted by Gasteiger charge is 2.27. The average Bonchev–Trinajstić information content (AvgIpc) is 2.58. The fraction of sp³-hybridized carbons (Fsp3) is 0.636. The predicted octanol–water partition coefficient (Wildman–Crippen LogP) is 3.74. The van der Waals surface area contributed by atoms with E-state index in [0.717, 1.165) is 27.3 Å². The lowest BCUT2D eigenvalue weighted by Gasteiger charge is -2.33. The number of hydrogen-bond donors (Lipinski definition) is 1. The zero-order valence-electron chi connectivity index (χ0n) is 9.30. The van der Waals surface area contributed by atoms with Crippen LogP contribution in [0.4, 0.5) is 0 Å². The molecule has 16 heavy (non-hydrogen) atoms. The van der Waals surface area contributed by atoms with Crippen molar-refractivity contribution in [3.05, 3.63) is 20.3 Å². The lowest BCUT2D eigenvalue weighted by Crippen LogP contribution is -2.42. The van der Waals surface area contributed by atoms with Crippen LogP contribution in [0.25, 0.3) is 0 Å². The molecular formula is C11H15Cl2NOS. The first kappa shape index (κ1) is 12.7. The predicted molar refractivity (Wildman–Crippen MR) is 69.7 cm³/mol. The third kappa shape index (κ3) is 2.71. The summed E-state index contributed by atoms with van der Waals surface area (Å²) in [5.74, 6) is 0.503. The molecule has 0 saturated carbocycles. The summed E-state index contributed by atoms with van der Waals surface area (Å²) in [5.41, 5.74) is 1.01. The second-order valence-electron chi connectivity index (χ2n) is 4.34. The van der Waals surface area contributed by atoms with Crippen LogP contribution in [0.15, 0.2) is 6.07 Å². The van der Waals surface area contributed by atoms with E-state index in [1.165, 1.54) is 11.3 Å². The van der Waals surface area contributed by atoms with Gasteiger partial charge in [0.05, 0.1) is 16.5 Å². The number of ether oxygens (including phenoxy) is 1. The highest BCUT2D eigenvalue weighted by Crippen LogP contribution is 2.37. The van der Waals surface area contributed by atoms with Crippen LogP contribution >= 0.6 is 34.5 Å². The number of thiophene rings is 1. The van der Waals surface area contributed by atoms with Crippen molar-refractivity contribution < 1.29 is 4.74 Å². The van der Waals surface area contributed by atoms with Gasteiger partial charge >= 0.3 is 0 Å². The fourth-order valence-corrected chi connectivity index (χ4v) is 3.37. The number of nitrogens with one attached hydrogen (secondary N) is 1. The third-order valence-corrected chi connectivity index (χ3v) is 4.31. The molecule has 1 N–H and O–H groups in total. The van der Waals surface area contributed by atoms with Gasteiger partial charge in [-0.1, -0.05) is 37.0 Å². The zero-order valence-corrected chi connectivity index (χ0v) is 11.6. The first-order chi connectivity index (χ1) is 7.58. The molecule has 0 bridgehead atoms. The maximum Gasteiger partial charge on any atom is 0.100 e. The minimum absolute atomic E-state index is 0.0254. The van der Waals surface area contributed by atoms with Crippen molar-refractivity contribution in [2.24, 2.45) is 5.92 Å². The molecule has 2 unspecified atom stereocenters. The van der Waals surface area contributed by atoms with Gasteiger partial charge in [0.2, 0.25) is 0 Å². The van der Waals surface area contributed by atoms with E-state index in [1.54, 1.807) is 0 Å². The smallest absolute Gasteiger partial charge is 0.100 e. The van der Waals surface area contributed by atoms with Gasteiger partial charge in [-0.2, -0.15) is 0 Å². The third-order valence-electron chi connectivity index (χ3n) is 2.79. The van der Waals surface area contributed by atoms with Crippen molar-refractivity contribution in [3.63, 3.8) is 0 Å². The summed E-state index contributed by atoms with van der Waals surface area (Å²) < 4.78 is 7.48. The molecule has 1 saturated heterocycles. The Kier molecular flexibility index (Phi) is 4.14. The Labute approximate surface area is 110 Å². The summed E-state index contributed by atoms with van der Waals surface area (Å²) in [6.45, 7) is 6.04. The Balaban J connectivity index is 2.12. The summed E-state index contributed by atoms with van der Waals surface area (Å²) in [4.78, 5) is 0.